The second-order valence-electron chi connectivity index (χ2n) is 6.94. The van der Waals surface area contributed by atoms with Crippen molar-refractivity contribution in [2.75, 3.05) is 44.2 Å². The molecule has 27 heavy (non-hydrogen) atoms. The van der Waals surface area contributed by atoms with Crippen LogP contribution in [0.25, 0.3) is 10.9 Å². The zero-order valence-corrected chi connectivity index (χ0v) is 16.3. The van der Waals surface area contributed by atoms with Gasteiger partial charge in [-0.05, 0) is 48.2 Å². The first-order valence-corrected chi connectivity index (χ1v) is 9.97. The summed E-state index contributed by atoms with van der Waals surface area (Å²) in [4.78, 5) is 8.20. The lowest BCUT2D eigenvalue weighted by molar-refractivity contribution is 0.225. The number of aromatic nitrogens is 1. The predicted octanol–water partition coefficient (Wildman–Crippen LogP) is 4.49. The standard InChI is InChI=1S/C22H25N3OS/c27-22-10-8-18-7-9-20(17-21(18)23-22)26-16-4-11-24-12-14-25(15-13-24)19-5-2-1-3-6-19/h1-3,5-10,17H,4,11-16H2,(H,23,27). The zero-order chi connectivity index (χ0) is 18.5. The smallest absolute Gasteiger partial charge is 0.121 e. The zero-order valence-electron chi connectivity index (χ0n) is 15.4. The highest BCUT2D eigenvalue weighted by molar-refractivity contribution is 7.71. The number of anilines is 1. The van der Waals surface area contributed by atoms with Gasteiger partial charge < -0.3 is 14.6 Å². The minimum atomic E-state index is 0.734. The van der Waals surface area contributed by atoms with Gasteiger partial charge in [-0.1, -0.05) is 30.4 Å². The first-order valence-electron chi connectivity index (χ1n) is 9.56. The van der Waals surface area contributed by atoms with Crippen LogP contribution in [-0.4, -0.2) is 49.2 Å². The number of nitrogens with one attached hydrogen (secondary N) is 1. The fraction of sp³-hybridized carbons (Fsp3) is 0.318. The van der Waals surface area contributed by atoms with Crippen LogP contribution in [0.3, 0.4) is 0 Å². The van der Waals surface area contributed by atoms with E-state index in [9.17, 15) is 0 Å². The number of hydrogen-bond donors (Lipinski definition) is 1. The Balaban J connectivity index is 1.21. The molecule has 140 valence electrons. The third kappa shape index (κ3) is 4.67. The van der Waals surface area contributed by atoms with E-state index in [4.69, 9.17) is 17.0 Å². The maximum atomic E-state index is 5.94. The van der Waals surface area contributed by atoms with Crippen LogP contribution in [0.15, 0.2) is 60.7 Å². The van der Waals surface area contributed by atoms with Crippen molar-refractivity contribution in [3.05, 3.63) is 65.3 Å². The van der Waals surface area contributed by atoms with Crippen molar-refractivity contribution < 1.29 is 4.74 Å². The number of para-hydroxylation sites is 1. The number of hydrogen-bond acceptors (Lipinski definition) is 4. The van der Waals surface area contributed by atoms with Gasteiger partial charge in [-0.2, -0.15) is 0 Å². The maximum absolute atomic E-state index is 5.94. The van der Waals surface area contributed by atoms with Crippen molar-refractivity contribution >= 4 is 28.8 Å². The van der Waals surface area contributed by atoms with E-state index >= 15 is 0 Å². The summed E-state index contributed by atoms with van der Waals surface area (Å²) in [7, 11) is 0. The van der Waals surface area contributed by atoms with E-state index in [0.29, 0.717) is 0 Å². The van der Waals surface area contributed by atoms with Crippen molar-refractivity contribution in [1.29, 1.82) is 0 Å². The number of aromatic amines is 1. The Hall–Kier alpha value is -2.37. The number of ether oxygens (including phenoxy) is 1. The van der Waals surface area contributed by atoms with E-state index < -0.39 is 0 Å². The van der Waals surface area contributed by atoms with Gasteiger partial charge in [0, 0.05) is 44.5 Å². The normalized spacial score (nSPS) is 15.2. The topological polar surface area (TPSA) is 31.5 Å². The summed E-state index contributed by atoms with van der Waals surface area (Å²) in [6.07, 6.45) is 1.04. The molecule has 1 fully saturated rings. The molecule has 1 aromatic heterocycles. The van der Waals surface area contributed by atoms with E-state index in [1.165, 1.54) is 5.69 Å². The molecular weight excluding hydrogens is 354 g/mol. The Kier molecular flexibility index (Phi) is 5.70. The molecule has 0 radical (unpaired) electrons. The molecule has 1 N–H and O–H groups in total. The Bertz CT molecular complexity index is 933. The van der Waals surface area contributed by atoms with E-state index in [-0.39, 0.29) is 0 Å². The maximum Gasteiger partial charge on any atom is 0.121 e. The molecule has 5 heteroatoms. The molecule has 2 aromatic carbocycles. The minimum absolute atomic E-state index is 0.734. The van der Waals surface area contributed by atoms with E-state index in [0.717, 1.165) is 67.0 Å². The number of piperazine rings is 1. The monoisotopic (exact) mass is 379 g/mol. The van der Waals surface area contributed by atoms with Crippen LogP contribution in [0.1, 0.15) is 6.42 Å². The van der Waals surface area contributed by atoms with Gasteiger partial charge in [-0.25, -0.2) is 0 Å². The van der Waals surface area contributed by atoms with Crippen LogP contribution >= 0.6 is 12.2 Å². The van der Waals surface area contributed by atoms with E-state index in [1.807, 2.05) is 24.3 Å². The summed E-state index contributed by atoms with van der Waals surface area (Å²) in [6, 6.07) is 20.8. The molecule has 1 aliphatic heterocycles. The molecular formula is C22H25N3OS. The van der Waals surface area contributed by atoms with E-state index in [2.05, 4.69) is 51.2 Å². The second-order valence-corrected chi connectivity index (χ2v) is 7.38. The van der Waals surface area contributed by atoms with Crippen LogP contribution in [0.5, 0.6) is 5.75 Å². The summed E-state index contributed by atoms with van der Waals surface area (Å²) in [5, 5.41) is 1.15. The molecule has 0 unspecified atom stereocenters. The fourth-order valence-corrected chi connectivity index (χ4v) is 3.74. The van der Waals surface area contributed by atoms with Crippen molar-refractivity contribution in [3.8, 4) is 5.75 Å². The van der Waals surface area contributed by atoms with Crippen molar-refractivity contribution in [3.63, 3.8) is 0 Å². The predicted molar refractivity (Wildman–Crippen MR) is 114 cm³/mol. The molecule has 4 nitrogen and oxygen atoms in total. The molecule has 0 saturated carbocycles. The number of pyridine rings is 1. The third-order valence-corrected chi connectivity index (χ3v) is 5.32. The molecule has 4 rings (SSSR count). The van der Waals surface area contributed by atoms with Crippen LogP contribution < -0.4 is 9.64 Å². The van der Waals surface area contributed by atoms with Crippen molar-refractivity contribution in [1.82, 2.24) is 9.88 Å². The van der Waals surface area contributed by atoms with Gasteiger partial charge in [0.05, 0.1) is 12.1 Å². The number of benzene rings is 2. The molecule has 3 aromatic rings. The van der Waals surface area contributed by atoms with Crippen LogP contribution in [-0.2, 0) is 0 Å². The molecule has 0 aliphatic carbocycles. The van der Waals surface area contributed by atoms with Gasteiger partial charge in [0.15, 0.2) is 0 Å². The minimum Gasteiger partial charge on any atom is -0.493 e. The van der Waals surface area contributed by atoms with Crippen molar-refractivity contribution in [2.45, 2.75) is 6.42 Å². The Labute approximate surface area is 165 Å². The summed E-state index contributed by atoms with van der Waals surface area (Å²) in [5.74, 6) is 0.897. The first kappa shape index (κ1) is 18.0. The number of nitrogens with zero attached hydrogens (tertiary/aromatic N) is 2. The molecule has 0 atom stereocenters. The molecule has 1 saturated heterocycles. The number of H-pyrrole nitrogens is 1. The Morgan fingerprint density at radius 1 is 0.926 bits per heavy atom. The Morgan fingerprint density at radius 3 is 2.52 bits per heavy atom. The average molecular weight is 380 g/mol. The van der Waals surface area contributed by atoms with Crippen molar-refractivity contribution in [2.24, 2.45) is 0 Å². The van der Waals surface area contributed by atoms with Crippen LogP contribution in [0, 0.1) is 4.64 Å². The summed E-state index contributed by atoms with van der Waals surface area (Å²) in [6.45, 7) is 6.23. The highest BCUT2D eigenvalue weighted by Crippen LogP contribution is 2.19. The largest absolute Gasteiger partial charge is 0.493 e. The van der Waals surface area contributed by atoms with Crippen LogP contribution in [0.2, 0.25) is 0 Å². The summed E-state index contributed by atoms with van der Waals surface area (Å²) >= 11 is 5.20. The lowest BCUT2D eigenvalue weighted by Crippen LogP contribution is -2.46. The van der Waals surface area contributed by atoms with Gasteiger partial charge in [-0.15, -0.1) is 0 Å². The molecule has 0 spiro atoms. The van der Waals surface area contributed by atoms with Gasteiger partial charge >= 0.3 is 0 Å². The lowest BCUT2D eigenvalue weighted by Gasteiger charge is -2.36. The molecule has 1 aliphatic rings. The first-order chi connectivity index (χ1) is 13.3. The third-order valence-electron chi connectivity index (χ3n) is 5.08. The number of rotatable bonds is 6. The molecule has 0 bridgehead atoms. The lowest BCUT2D eigenvalue weighted by atomic mass is 10.2. The van der Waals surface area contributed by atoms with Gasteiger partial charge in [0.2, 0.25) is 0 Å². The van der Waals surface area contributed by atoms with E-state index in [1.54, 1.807) is 0 Å². The summed E-state index contributed by atoms with van der Waals surface area (Å²) < 4.78 is 6.69. The average Bonchev–Trinajstić information content (AvgIpc) is 2.72. The SMILES string of the molecule is S=c1ccc2ccc(OCCCN3CCN(c4ccccc4)CC3)cc2[nH]1. The van der Waals surface area contributed by atoms with Gasteiger partial charge in [-0.3, -0.25) is 4.90 Å². The highest BCUT2D eigenvalue weighted by atomic mass is 32.1. The summed E-state index contributed by atoms with van der Waals surface area (Å²) in [5.41, 5.74) is 2.35. The second kappa shape index (κ2) is 8.55. The molecule has 2 heterocycles. The quantitative estimate of drug-likeness (QED) is 0.505. The highest BCUT2D eigenvalue weighted by Gasteiger charge is 2.16. The van der Waals surface area contributed by atoms with Gasteiger partial charge in [0.1, 0.15) is 10.4 Å². The van der Waals surface area contributed by atoms with Gasteiger partial charge in [0.25, 0.3) is 0 Å². The van der Waals surface area contributed by atoms with Crippen LogP contribution in [0.4, 0.5) is 5.69 Å². The fourth-order valence-electron chi connectivity index (χ4n) is 3.57. The number of fused-ring (bicyclic) bond motifs is 1. The molecule has 0 amide bonds. The Morgan fingerprint density at radius 2 is 1.70 bits per heavy atom.